The third kappa shape index (κ3) is 2.91. The molecule has 144 valence electrons. The molecule has 0 N–H and O–H groups in total. The van der Waals surface area contributed by atoms with Gasteiger partial charge in [-0.3, -0.25) is 14.0 Å². The van der Waals surface area contributed by atoms with Crippen LogP contribution in [0, 0.1) is 0 Å². The molecule has 0 unspecified atom stereocenters. The lowest BCUT2D eigenvalue weighted by Gasteiger charge is -2.33. The summed E-state index contributed by atoms with van der Waals surface area (Å²) in [7, 11) is 0. The van der Waals surface area contributed by atoms with Crippen LogP contribution in [0.1, 0.15) is 54.7 Å². The Balaban J connectivity index is 1.41. The highest BCUT2D eigenvalue weighted by molar-refractivity contribution is 5.97. The van der Waals surface area contributed by atoms with Crippen LogP contribution in [0.5, 0.6) is 0 Å². The third-order valence-electron chi connectivity index (χ3n) is 6.08. The summed E-state index contributed by atoms with van der Waals surface area (Å²) in [6, 6.07) is 5.90. The van der Waals surface area contributed by atoms with Crippen LogP contribution in [0.15, 0.2) is 49.2 Å². The summed E-state index contributed by atoms with van der Waals surface area (Å²) >= 11 is 0. The maximum Gasteiger partial charge on any atom is 0.265 e. The Morgan fingerprint density at radius 1 is 1.07 bits per heavy atom. The second-order valence-corrected chi connectivity index (χ2v) is 8.07. The Labute approximate surface area is 164 Å². The van der Waals surface area contributed by atoms with Crippen LogP contribution in [-0.2, 0) is 5.41 Å². The number of aromatic nitrogens is 5. The lowest BCUT2D eigenvalue weighted by atomic mass is 9.98. The summed E-state index contributed by atoms with van der Waals surface area (Å²) in [5, 5.41) is 4.71. The van der Waals surface area contributed by atoms with Gasteiger partial charge in [-0.1, -0.05) is 6.92 Å². The van der Waals surface area contributed by atoms with Crippen molar-refractivity contribution in [2.45, 2.75) is 44.1 Å². The van der Waals surface area contributed by atoms with Crippen LogP contribution < -0.4 is 4.90 Å². The third-order valence-corrected chi connectivity index (χ3v) is 6.08. The fourth-order valence-corrected chi connectivity index (χ4v) is 4.20. The van der Waals surface area contributed by atoms with Crippen molar-refractivity contribution in [3.05, 3.63) is 60.4 Å². The second-order valence-electron chi connectivity index (χ2n) is 8.07. The molecule has 5 rings (SSSR count). The Kier molecular flexibility index (Phi) is 4.03. The lowest BCUT2D eigenvalue weighted by Crippen LogP contribution is -2.36. The molecular weight excluding hydrogens is 352 g/mol. The monoisotopic (exact) mass is 376 g/mol. The number of nitrogens with zero attached hydrogens (tertiary/aromatic N) is 6. The van der Waals surface area contributed by atoms with E-state index < -0.39 is 0 Å². The van der Waals surface area contributed by atoms with Crippen molar-refractivity contribution in [1.29, 1.82) is 0 Å². The van der Waals surface area contributed by atoms with Gasteiger partial charge in [0.1, 0.15) is 0 Å². The first-order valence-corrected chi connectivity index (χ1v) is 9.93. The Morgan fingerprint density at radius 2 is 1.75 bits per heavy atom. The van der Waals surface area contributed by atoms with E-state index in [1.54, 1.807) is 35.6 Å². The van der Waals surface area contributed by atoms with Gasteiger partial charge in [-0.2, -0.15) is 5.10 Å². The Bertz CT molecular complexity index is 966. The maximum absolute atomic E-state index is 13.0. The quantitative estimate of drug-likeness (QED) is 0.700. The zero-order valence-electron chi connectivity index (χ0n) is 16.0. The number of piperidine rings is 1. The van der Waals surface area contributed by atoms with Crippen LogP contribution in [0.25, 0.3) is 0 Å². The van der Waals surface area contributed by atoms with Gasteiger partial charge < -0.3 is 4.90 Å². The van der Waals surface area contributed by atoms with Gasteiger partial charge in [-0.15, -0.1) is 0 Å². The minimum Gasteiger partial charge on any atom is -0.341 e. The summed E-state index contributed by atoms with van der Waals surface area (Å²) < 4.78 is 3.79. The van der Waals surface area contributed by atoms with Crippen LogP contribution in [0.3, 0.4) is 0 Å². The highest BCUT2D eigenvalue weighted by atomic mass is 16.2. The van der Waals surface area contributed by atoms with Gasteiger partial charge in [0.25, 0.3) is 5.91 Å². The first-order valence-electron chi connectivity index (χ1n) is 9.93. The minimum absolute atomic E-state index is 0.00879. The van der Waals surface area contributed by atoms with Crippen molar-refractivity contribution in [2.75, 3.05) is 18.0 Å². The smallest absolute Gasteiger partial charge is 0.265 e. The molecule has 4 heterocycles. The van der Waals surface area contributed by atoms with Gasteiger partial charge in [0, 0.05) is 43.3 Å². The summed E-state index contributed by atoms with van der Waals surface area (Å²) in [4.78, 5) is 24.0. The van der Waals surface area contributed by atoms with Gasteiger partial charge in [0.2, 0.25) is 5.95 Å². The topological polar surface area (TPSA) is 68.8 Å². The van der Waals surface area contributed by atoms with Gasteiger partial charge in [-0.25, -0.2) is 9.97 Å². The molecule has 2 aliphatic rings. The predicted octanol–water partition coefficient (Wildman–Crippen LogP) is 3.06. The molecule has 0 spiro atoms. The summed E-state index contributed by atoms with van der Waals surface area (Å²) in [5.74, 6) is 0.800. The zero-order chi connectivity index (χ0) is 19.1. The van der Waals surface area contributed by atoms with Crippen LogP contribution >= 0.6 is 0 Å². The van der Waals surface area contributed by atoms with E-state index in [1.807, 2.05) is 18.2 Å². The number of hydrogen-bond donors (Lipinski definition) is 0. The summed E-state index contributed by atoms with van der Waals surface area (Å²) in [6.45, 7) is 4.04. The van der Waals surface area contributed by atoms with E-state index in [0.717, 1.165) is 56.0 Å². The van der Waals surface area contributed by atoms with Crippen LogP contribution in [0.2, 0.25) is 0 Å². The van der Waals surface area contributed by atoms with E-state index in [2.05, 4.69) is 26.5 Å². The Morgan fingerprint density at radius 3 is 2.39 bits per heavy atom. The molecule has 7 nitrogen and oxygen atoms in total. The Hall–Kier alpha value is -2.96. The van der Waals surface area contributed by atoms with Crippen molar-refractivity contribution < 1.29 is 4.79 Å². The number of carbonyl (C=O) groups is 1. The van der Waals surface area contributed by atoms with Crippen molar-refractivity contribution in [3.8, 4) is 0 Å². The largest absolute Gasteiger partial charge is 0.341 e. The molecule has 3 aromatic rings. The molecule has 0 atom stereocenters. The van der Waals surface area contributed by atoms with Crippen molar-refractivity contribution in [2.24, 2.45) is 0 Å². The van der Waals surface area contributed by atoms with Crippen LogP contribution in [-0.4, -0.2) is 43.3 Å². The normalized spacial score (nSPS) is 19.0. The molecule has 1 saturated heterocycles. The zero-order valence-corrected chi connectivity index (χ0v) is 16.0. The standard InChI is InChI=1S/C21H24N6O/c1-21(7-8-21)18-17(19(28)25-11-2-3-12-25)15-24-27(18)16-5-13-26(14-6-16)20-22-9-4-10-23-20/h2-4,9-12,15-16H,5-8,13-14H2,1H3. The second kappa shape index (κ2) is 6.58. The maximum atomic E-state index is 13.0. The molecule has 0 radical (unpaired) electrons. The average Bonchev–Trinajstić information content (AvgIpc) is 3.17. The molecule has 0 amide bonds. The fraction of sp³-hybridized carbons (Fsp3) is 0.429. The molecule has 7 heteroatoms. The molecule has 1 saturated carbocycles. The molecular formula is C21H24N6O. The van der Waals surface area contributed by atoms with E-state index in [1.165, 1.54) is 0 Å². The number of rotatable bonds is 4. The highest BCUT2D eigenvalue weighted by Gasteiger charge is 2.46. The fourth-order valence-electron chi connectivity index (χ4n) is 4.20. The number of hydrogen-bond acceptors (Lipinski definition) is 5. The van der Waals surface area contributed by atoms with Crippen LogP contribution in [0.4, 0.5) is 5.95 Å². The first-order chi connectivity index (χ1) is 13.7. The summed E-state index contributed by atoms with van der Waals surface area (Å²) in [6.07, 6.45) is 13.1. The minimum atomic E-state index is 0.00879. The molecule has 0 bridgehead atoms. The van der Waals surface area contributed by atoms with E-state index in [0.29, 0.717) is 6.04 Å². The number of carbonyl (C=O) groups excluding carboxylic acids is 1. The summed E-state index contributed by atoms with van der Waals surface area (Å²) in [5.41, 5.74) is 1.92. The molecule has 1 aliphatic heterocycles. The van der Waals surface area contributed by atoms with Gasteiger partial charge >= 0.3 is 0 Å². The predicted molar refractivity (Wildman–Crippen MR) is 105 cm³/mol. The van der Waals surface area contributed by atoms with Gasteiger partial charge in [0.15, 0.2) is 0 Å². The van der Waals surface area contributed by atoms with Gasteiger partial charge in [0.05, 0.1) is 23.5 Å². The SMILES string of the molecule is CC1(c2c(C(=O)n3cccc3)cnn2C2CCN(c3ncccn3)CC2)CC1. The van der Waals surface area contributed by atoms with E-state index in [9.17, 15) is 4.79 Å². The average molecular weight is 376 g/mol. The molecule has 28 heavy (non-hydrogen) atoms. The van der Waals surface area contributed by atoms with Crippen molar-refractivity contribution in [3.63, 3.8) is 0 Å². The molecule has 0 aromatic carbocycles. The van der Waals surface area contributed by atoms with E-state index >= 15 is 0 Å². The van der Waals surface area contributed by atoms with Crippen molar-refractivity contribution >= 4 is 11.9 Å². The molecule has 3 aromatic heterocycles. The first kappa shape index (κ1) is 17.2. The van der Waals surface area contributed by atoms with Crippen molar-refractivity contribution in [1.82, 2.24) is 24.3 Å². The van der Waals surface area contributed by atoms with E-state index in [4.69, 9.17) is 5.10 Å². The highest BCUT2D eigenvalue weighted by Crippen LogP contribution is 2.50. The lowest BCUT2D eigenvalue weighted by molar-refractivity contribution is 0.0958. The molecule has 2 fully saturated rings. The van der Waals surface area contributed by atoms with E-state index in [-0.39, 0.29) is 11.3 Å². The number of anilines is 1. The van der Waals surface area contributed by atoms with Gasteiger partial charge in [-0.05, 0) is 43.9 Å². The molecule has 1 aliphatic carbocycles.